The Morgan fingerprint density at radius 3 is 2.57 bits per heavy atom. The molecule has 6 heteroatoms. The normalized spacial score (nSPS) is 12.6. The number of carboxylic acid groups (broad SMARTS) is 1. The largest absolute Gasteiger partial charge is 0.480 e. The Bertz CT molecular complexity index is 605. The Balaban J connectivity index is 2.03. The van der Waals surface area contributed by atoms with Crippen molar-refractivity contribution in [3.8, 4) is 11.4 Å². The molecule has 2 aromatic rings. The lowest BCUT2D eigenvalue weighted by Gasteiger charge is -2.16. The highest BCUT2D eigenvalue weighted by Crippen LogP contribution is 2.16. The second-order valence-corrected chi connectivity index (χ2v) is 5.32. The predicted octanol–water partition coefficient (Wildman–Crippen LogP) is 2.24. The lowest BCUT2D eigenvalue weighted by Crippen LogP contribution is -2.40. The van der Waals surface area contributed by atoms with Gasteiger partial charge in [-0.15, -0.1) is 0 Å². The fraction of sp³-hybridized carbons (Fsp3) is 0.400. The zero-order valence-electron chi connectivity index (χ0n) is 12.3. The number of aliphatic carboxylic acids is 1. The molecule has 21 heavy (non-hydrogen) atoms. The van der Waals surface area contributed by atoms with Gasteiger partial charge in [-0.1, -0.05) is 48.8 Å². The molecule has 0 radical (unpaired) electrons. The average Bonchev–Trinajstić information content (AvgIpc) is 2.87. The molecule has 0 saturated heterocycles. The fourth-order valence-corrected chi connectivity index (χ4v) is 1.95. The van der Waals surface area contributed by atoms with Crippen molar-refractivity contribution in [2.75, 3.05) is 0 Å². The third-order valence-electron chi connectivity index (χ3n) is 3.18. The van der Waals surface area contributed by atoms with Crippen LogP contribution in [0, 0.1) is 12.8 Å². The number of carboxylic acids is 1. The van der Waals surface area contributed by atoms with Gasteiger partial charge in [-0.05, 0) is 12.8 Å². The molecule has 0 aliphatic carbocycles. The van der Waals surface area contributed by atoms with Crippen LogP contribution in [0.2, 0.25) is 0 Å². The van der Waals surface area contributed by atoms with Crippen molar-refractivity contribution in [1.82, 2.24) is 15.5 Å². The monoisotopic (exact) mass is 289 g/mol. The molecule has 0 saturated carbocycles. The highest BCUT2D eigenvalue weighted by Gasteiger charge is 2.21. The minimum absolute atomic E-state index is 0.0259. The van der Waals surface area contributed by atoms with E-state index in [0.717, 1.165) is 11.1 Å². The summed E-state index contributed by atoms with van der Waals surface area (Å²) < 4.78 is 5.14. The van der Waals surface area contributed by atoms with Crippen LogP contribution in [0.4, 0.5) is 0 Å². The number of benzene rings is 1. The molecule has 2 rings (SSSR count). The van der Waals surface area contributed by atoms with Gasteiger partial charge in [0.15, 0.2) is 0 Å². The summed E-state index contributed by atoms with van der Waals surface area (Å²) in [6.45, 7) is 5.93. The first-order valence-electron chi connectivity index (χ1n) is 6.83. The average molecular weight is 289 g/mol. The molecule has 6 nitrogen and oxygen atoms in total. The lowest BCUT2D eigenvalue weighted by molar-refractivity contribution is -0.140. The van der Waals surface area contributed by atoms with E-state index in [1.165, 1.54) is 0 Å². The first-order chi connectivity index (χ1) is 9.97. The molecule has 0 spiro atoms. The topological polar surface area (TPSA) is 88.2 Å². The molecule has 1 atom stereocenters. The number of rotatable bonds is 6. The van der Waals surface area contributed by atoms with Gasteiger partial charge in [-0.3, -0.25) is 10.1 Å². The van der Waals surface area contributed by atoms with Crippen LogP contribution in [0.5, 0.6) is 0 Å². The maximum absolute atomic E-state index is 11.1. The smallest absolute Gasteiger partial charge is 0.320 e. The van der Waals surface area contributed by atoms with E-state index in [2.05, 4.69) is 15.5 Å². The molecule has 2 N–H and O–H groups in total. The number of aryl methyl sites for hydroxylation is 1. The molecule has 1 aromatic carbocycles. The Hall–Kier alpha value is -2.21. The SMILES string of the molecule is Cc1ccc(-c2noc(CNC(C(=O)O)C(C)C)n2)cc1. The Kier molecular flexibility index (Phi) is 4.70. The maximum atomic E-state index is 11.1. The van der Waals surface area contributed by atoms with Crippen molar-refractivity contribution in [3.05, 3.63) is 35.7 Å². The number of nitrogens with one attached hydrogen (secondary N) is 1. The third-order valence-corrected chi connectivity index (χ3v) is 3.18. The highest BCUT2D eigenvalue weighted by molar-refractivity contribution is 5.73. The van der Waals surface area contributed by atoms with Gasteiger partial charge in [0.05, 0.1) is 6.54 Å². The summed E-state index contributed by atoms with van der Waals surface area (Å²) in [5.41, 5.74) is 2.03. The van der Waals surface area contributed by atoms with Crippen LogP contribution in [0.15, 0.2) is 28.8 Å². The van der Waals surface area contributed by atoms with Crippen LogP contribution >= 0.6 is 0 Å². The summed E-state index contributed by atoms with van der Waals surface area (Å²) in [5.74, 6) is -0.0361. The first-order valence-corrected chi connectivity index (χ1v) is 6.83. The molecule has 0 fully saturated rings. The van der Waals surface area contributed by atoms with Crippen LogP contribution in [0.1, 0.15) is 25.3 Å². The standard InChI is InChI=1S/C15H19N3O3/c1-9(2)13(15(19)20)16-8-12-17-14(18-21-12)11-6-4-10(3)5-7-11/h4-7,9,13,16H,8H2,1-3H3,(H,19,20). The Morgan fingerprint density at radius 2 is 2.00 bits per heavy atom. The minimum Gasteiger partial charge on any atom is -0.480 e. The number of aromatic nitrogens is 2. The van der Waals surface area contributed by atoms with E-state index in [1.807, 2.05) is 45.0 Å². The molecule has 112 valence electrons. The third kappa shape index (κ3) is 3.88. The molecule has 0 aliphatic rings. The molecule has 1 aromatic heterocycles. The quantitative estimate of drug-likeness (QED) is 0.848. The molecule has 0 bridgehead atoms. The second-order valence-electron chi connectivity index (χ2n) is 5.32. The van der Waals surface area contributed by atoms with Gasteiger partial charge in [-0.2, -0.15) is 4.98 Å². The van der Waals surface area contributed by atoms with E-state index in [9.17, 15) is 4.79 Å². The maximum Gasteiger partial charge on any atom is 0.320 e. The summed E-state index contributed by atoms with van der Waals surface area (Å²) in [5, 5.41) is 15.9. The van der Waals surface area contributed by atoms with Crippen molar-refractivity contribution < 1.29 is 14.4 Å². The van der Waals surface area contributed by atoms with Crippen LogP contribution in [0.3, 0.4) is 0 Å². The van der Waals surface area contributed by atoms with E-state index in [0.29, 0.717) is 11.7 Å². The van der Waals surface area contributed by atoms with E-state index >= 15 is 0 Å². The van der Waals surface area contributed by atoms with Gasteiger partial charge in [0.2, 0.25) is 11.7 Å². The van der Waals surface area contributed by atoms with Crippen LogP contribution in [-0.2, 0) is 11.3 Å². The van der Waals surface area contributed by atoms with E-state index in [1.54, 1.807) is 0 Å². The molecule has 1 heterocycles. The first kappa shape index (κ1) is 15.2. The van der Waals surface area contributed by atoms with Crippen molar-refractivity contribution in [2.24, 2.45) is 5.92 Å². The lowest BCUT2D eigenvalue weighted by atomic mass is 10.1. The van der Waals surface area contributed by atoms with E-state index in [4.69, 9.17) is 9.63 Å². The highest BCUT2D eigenvalue weighted by atomic mass is 16.5. The van der Waals surface area contributed by atoms with Gasteiger partial charge in [0.1, 0.15) is 6.04 Å². The molecular weight excluding hydrogens is 270 g/mol. The van der Waals surface area contributed by atoms with Gasteiger partial charge >= 0.3 is 5.97 Å². The summed E-state index contributed by atoms with van der Waals surface area (Å²) in [6, 6.07) is 7.16. The molecule has 1 unspecified atom stereocenters. The summed E-state index contributed by atoms with van der Waals surface area (Å²) in [4.78, 5) is 15.4. The Morgan fingerprint density at radius 1 is 1.33 bits per heavy atom. The number of hydrogen-bond donors (Lipinski definition) is 2. The number of carbonyl (C=O) groups is 1. The van der Waals surface area contributed by atoms with Gasteiger partial charge in [0.25, 0.3) is 0 Å². The predicted molar refractivity (Wildman–Crippen MR) is 77.6 cm³/mol. The molecular formula is C15H19N3O3. The zero-order chi connectivity index (χ0) is 15.4. The van der Waals surface area contributed by atoms with Crippen molar-refractivity contribution >= 4 is 5.97 Å². The zero-order valence-corrected chi connectivity index (χ0v) is 12.3. The minimum atomic E-state index is -0.886. The van der Waals surface area contributed by atoms with Crippen LogP contribution in [-0.4, -0.2) is 27.3 Å². The number of hydrogen-bond acceptors (Lipinski definition) is 5. The van der Waals surface area contributed by atoms with E-state index in [-0.39, 0.29) is 12.5 Å². The molecule has 0 amide bonds. The second kappa shape index (κ2) is 6.49. The summed E-state index contributed by atoms with van der Waals surface area (Å²) in [7, 11) is 0. The fourth-order valence-electron chi connectivity index (χ4n) is 1.95. The van der Waals surface area contributed by atoms with Gasteiger partial charge in [0, 0.05) is 5.56 Å². The molecule has 0 aliphatic heterocycles. The van der Waals surface area contributed by atoms with Crippen LogP contribution in [0.25, 0.3) is 11.4 Å². The van der Waals surface area contributed by atoms with Gasteiger partial charge < -0.3 is 9.63 Å². The van der Waals surface area contributed by atoms with Gasteiger partial charge in [-0.25, -0.2) is 0 Å². The van der Waals surface area contributed by atoms with Crippen molar-refractivity contribution in [3.63, 3.8) is 0 Å². The summed E-state index contributed by atoms with van der Waals surface area (Å²) in [6.07, 6.45) is 0. The van der Waals surface area contributed by atoms with E-state index < -0.39 is 12.0 Å². The Labute approximate surface area is 123 Å². The van der Waals surface area contributed by atoms with Crippen molar-refractivity contribution in [1.29, 1.82) is 0 Å². The summed E-state index contributed by atoms with van der Waals surface area (Å²) >= 11 is 0. The number of nitrogens with zero attached hydrogens (tertiary/aromatic N) is 2. The van der Waals surface area contributed by atoms with Crippen molar-refractivity contribution in [2.45, 2.75) is 33.4 Å². The van der Waals surface area contributed by atoms with Crippen LogP contribution < -0.4 is 5.32 Å².